The maximum absolute atomic E-state index is 11.0. The first-order valence-corrected chi connectivity index (χ1v) is 12.4. The van der Waals surface area contributed by atoms with Crippen LogP contribution in [0.3, 0.4) is 0 Å². The molecule has 1 aromatic heterocycles. The van der Waals surface area contributed by atoms with E-state index in [0.29, 0.717) is 52.5 Å². The van der Waals surface area contributed by atoms with Gasteiger partial charge in [0.1, 0.15) is 23.2 Å². The lowest BCUT2D eigenvalue weighted by atomic mass is 9.48. The fraction of sp³-hybridized carbons (Fsp3) is 0.520. The van der Waals surface area contributed by atoms with Crippen LogP contribution in [0.2, 0.25) is 5.02 Å². The van der Waals surface area contributed by atoms with Crippen LogP contribution in [0.25, 0.3) is 0 Å². The normalized spacial score (nSPS) is 28.4. The number of rotatable bonds is 9. The average molecular weight is 496 g/mol. The number of hydrogen-bond acceptors (Lipinski definition) is 8. The van der Waals surface area contributed by atoms with Crippen molar-refractivity contribution in [2.45, 2.75) is 44.7 Å². The van der Waals surface area contributed by atoms with Crippen molar-refractivity contribution in [2.75, 3.05) is 23.8 Å². The summed E-state index contributed by atoms with van der Waals surface area (Å²) in [6.07, 6.45) is 7.59. The summed E-state index contributed by atoms with van der Waals surface area (Å²) in [6.45, 7) is 0.919. The lowest BCUT2D eigenvalue weighted by molar-refractivity contribution is -0.119. The molecule has 0 spiro atoms. The molecule has 0 saturated heterocycles. The summed E-state index contributed by atoms with van der Waals surface area (Å²) >= 11 is 6.32. The van der Waals surface area contributed by atoms with E-state index in [4.69, 9.17) is 27.8 Å². The molecule has 184 valence electrons. The first kappa shape index (κ1) is 23.6. The quantitative estimate of drug-likeness (QED) is 0.414. The Kier molecular flexibility index (Phi) is 6.43. The number of nitrogens with one attached hydrogen (secondary N) is 2. The molecule has 4 fully saturated rings. The van der Waals surface area contributed by atoms with Gasteiger partial charge in [-0.1, -0.05) is 11.6 Å². The lowest BCUT2D eigenvalue weighted by Gasteiger charge is -2.59. The molecule has 1 amide bonds. The first-order chi connectivity index (χ1) is 16.8. The van der Waals surface area contributed by atoms with E-state index in [1.54, 1.807) is 18.2 Å². The van der Waals surface area contributed by atoms with E-state index in [-0.39, 0.29) is 12.0 Å². The minimum absolute atomic E-state index is 0.210. The van der Waals surface area contributed by atoms with E-state index in [1.165, 1.54) is 25.5 Å². The van der Waals surface area contributed by atoms with Crippen molar-refractivity contribution in [2.24, 2.45) is 34.6 Å². The Bertz CT molecular complexity index is 1150. The fourth-order valence-electron chi connectivity index (χ4n) is 6.51. The maximum atomic E-state index is 11.0. The predicted molar refractivity (Wildman–Crippen MR) is 133 cm³/mol. The molecular formula is C25H30ClN7O2. The number of anilines is 2. The second-order valence-corrected chi connectivity index (χ2v) is 10.7. The Labute approximate surface area is 209 Å². The minimum Gasteiger partial charge on any atom is -0.484 e. The van der Waals surface area contributed by atoms with Crippen molar-refractivity contribution in [3.05, 3.63) is 40.5 Å². The molecule has 4 saturated carbocycles. The van der Waals surface area contributed by atoms with Gasteiger partial charge in [0.15, 0.2) is 6.61 Å². The molecule has 2 aromatic rings. The Morgan fingerprint density at radius 3 is 2.74 bits per heavy atom. The van der Waals surface area contributed by atoms with Crippen LogP contribution in [0.15, 0.2) is 24.4 Å². The highest BCUT2D eigenvalue weighted by molar-refractivity contribution is 6.31. The minimum atomic E-state index is -0.554. The van der Waals surface area contributed by atoms with Gasteiger partial charge < -0.3 is 26.8 Å². The zero-order chi connectivity index (χ0) is 24.6. The van der Waals surface area contributed by atoms with Gasteiger partial charge in [-0.15, -0.1) is 0 Å². The number of hydrogen-bond donors (Lipinski definition) is 4. The molecule has 35 heavy (non-hydrogen) atoms. The van der Waals surface area contributed by atoms with E-state index < -0.39 is 5.91 Å². The van der Waals surface area contributed by atoms with Crippen LogP contribution in [0.1, 0.15) is 43.2 Å². The Morgan fingerprint density at radius 1 is 1.26 bits per heavy atom. The zero-order valence-electron chi connectivity index (χ0n) is 19.5. The molecule has 5 atom stereocenters. The Hall–Kier alpha value is -3.09. The summed E-state index contributed by atoms with van der Waals surface area (Å²) in [6, 6.07) is 7.64. The zero-order valence-corrected chi connectivity index (χ0v) is 20.2. The third-order valence-corrected chi connectivity index (χ3v) is 8.22. The van der Waals surface area contributed by atoms with Gasteiger partial charge in [-0.25, -0.2) is 4.98 Å². The van der Waals surface area contributed by atoms with Crippen LogP contribution >= 0.6 is 11.6 Å². The molecule has 0 radical (unpaired) electrons. The first-order valence-electron chi connectivity index (χ1n) is 12.0. The number of nitrogens with two attached hydrogens (primary N) is 2. The van der Waals surface area contributed by atoms with E-state index >= 15 is 0 Å². The van der Waals surface area contributed by atoms with E-state index in [9.17, 15) is 10.1 Å². The molecule has 4 aliphatic carbocycles. The molecular weight excluding hydrogens is 466 g/mol. The van der Waals surface area contributed by atoms with Crippen LogP contribution < -0.4 is 26.8 Å². The second kappa shape index (κ2) is 9.51. The molecule has 10 heteroatoms. The Balaban J connectivity index is 1.26. The van der Waals surface area contributed by atoms with Crippen molar-refractivity contribution in [1.82, 2.24) is 9.97 Å². The number of primary amides is 1. The molecule has 0 aliphatic heterocycles. The number of benzene rings is 1. The van der Waals surface area contributed by atoms with Gasteiger partial charge in [0.25, 0.3) is 5.91 Å². The van der Waals surface area contributed by atoms with Crippen LogP contribution in [-0.4, -0.2) is 35.1 Å². The van der Waals surface area contributed by atoms with Crippen molar-refractivity contribution in [3.8, 4) is 11.8 Å². The summed E-state index contributed by atoms with van der Waals surface area (Å²) in [4.78, 5) is 19.8. The highest BCUT2D eigenvalue weighted by atomic mass is 35.5. The topological polar surface area (TPSA) is 152 Å². The molecule has 1 heterocycles. The summed E-state index contributed by atoms with van der Waals surface area (Å²) in [5, 5.41) is 16.8. The fourth-order valence-corrected chi connectivity index (χ4v) is 6.69. The number of halogens is 1. The van der Waals surface area contributed by atoms with Crippen LogP contribution in [0.5, 0.6) is 5.75 Å². The SMILES string of the molecule is N#Cc1cnc(NCc2cc(OCC(N)=O)ccc2Cl)nc1NCC12CC3C[C@H](C1)C(N)[C@@H](C3)C2. The van der Waals surface area contributed by atoms with Gasteiger partial charge in [-0.05, 0) is 79.0 Å². The van der Waals surface area contributed by atoms with Crippen LogP contribution in [-0.2, 0) is 11.3 Å². The number of amides is 1. The number of nitriles is 1. The van der Waals surface area contributed by atoms with E-state index in [2.05, 4.69) is 26.7 Å². The smallest absolute Gasteiger partial charge is 0.255 e. The summed E-state index contributed by atoms with van der Waals surface area (Å²) in [7, 11) is 0. The summed E-state index contributed by atoms with van der Waals surface area (Å²) < 4.78 is 5.36. The standard InChI is InChI=1S/C25H30ClN7O2/c26-20-2-1-19(35-12-21(28)34)5-17(20)10-30-24-31-11-18(9-27)23(33-24)32-13-25-6-14-3-15(7-25)22(29)16(4-14)8-25/h1-2,5,11,14-16,22H,3-4,6-8,10,12-13,29H2,(H2,28,34)(H2,30,31,32,33)/t14?,15-,16+,22?,25?. The average Bonchev–Trinajstić information content (AvgIpc) is 2.84. The molecule has 4 aliphatic rings. The van der Waals surface area contributed by atoms with Crippen LogP contribution in [0.4, 0.5) is 11.8 Å². The molecule has 6 rings (SSSR count). The number of carbonyl (C=O) groups excluding carboxylic acids is 1. The molecule has 9 nitrogen and oxygen atoms in total. The maximum Gasteiger partial charge on any atom is 0.255 e. The second-order valence-electron chi connectivity index (χ2n) is 10.3. The van der Waals surface area contributed by atoms with Gasteiger partial charge in [-0.3, -0.25) is 4.79 Å². The lowest BCUT2D eigenvalue weighted by Crippen LogP contribution is -2.58. The highest BCUT2D eigenvalue weighted by Gasteiger charge is 2.54. The summed E-state index contributed by atoms with van der Waals surface area (Å²) in [5.41, 5.74) is 13.0. The molecule has 4 bridgehead atoms. The van der Waals surface area contributed by atoms with E-state index in [0.717, 1.165) is 30.9 Å². The molecule has 3 unspecified atom stereocenters. The number of carbonyl (C=O) groups is 1. The van der Waals surface area contributed by atoms with Crippen molar-refractivity contribution < 1.29 is 9.53 Å². The highest BCUT2D eigenvalue weighted by Crippen LogP contribution is 2.59. The van der Waals surface area contributed by atoms with Gasteiger partial charge in [0.05, 0.1) is 6.20 Å². The van der Waals surface area contributed by atoms with Gasteiger partial charge in [0.2, 0.25) is 5.95 Å². The van der Waals surface area contributed by atoms with Crippen molar-refractivity contribution in [3.63, 3.8) is 0 Å². The van der Waals surface area contributed by atoms with Gasteiger partial charge in [0, 0.05) is 24.2 Å². The van der Waals surface area contributed by atoms with E-state index in [1.807, 2.05) is 0 Å². The van der Waals surface area contributed by atoms with Crippen molar-refractivity contribution >= 4 is 29.3 Å². The largest absolute Gasteiger partial charge is 0.484 e. The number of nitrogens with zero attached hydrogens (tertiary/aromatic N) is 3. The molecule has 1 aromatic carbocycles. The van der Waals surface area contributed by atoms with Crippen molar-refractivity contribution in [1.29, 1.82) is 5.26 Å². The van der Waals surface area contributed by atoms with Crippen LogP contribution in [0, 0.1) is 34.5 Å². The summed E-state index contributed by atoms with van der Waals surface area (Å²) in [5.74, 6) is 2.88. The third kappa shape index (κ3) is 5.00. The van der Waals surface area contributed by atoms with Gasteiger partial charge in [-0.2, -0.15) is 10.2 Å². The Morgan fingerprint density at radius 2 is 2.03 bits per heavy atom. The third-order valence-electron chi connectivity index (χ3n) is 7.85. The number of ether oxygens (including phenoxy) is 1. The monoisotopic (exact) mass is 495 g/mol. The molecule has 6 N–H and O–H groups in total. The van der Waals surface area contributed by atoms with Gasteiger partial charge >= 0.3 is 0 Å². The number of aromatic nitrogens is 2. The predicted octanol–water partition coefficient (Wildman–Crippen LogP) is 3.04.